The Balaban J connectivity index is 1.78. The van der Waals surface area contributed by atoms with Crippen molar-refractivity contribution in [3.8, 4) is 0 Å². The van der Waals surface area contributed by atoms with E-state index < -0.39 is 0 Å². The van der Waals surface area contributed by atoms with Crippen molar-refractivity contribution in [2.45, 2.75) is 60.5 Å². The molecule has 0 spiro atoms. The molecule has 2 heteroatoms. The van der Waals surface area contributed by atoms with Crippen LogP contribution in [0.15, 0.2) is 0 Å². The van der Waals surface area contributed by atoms with Crippen LogP contribution in [0.25, 0.3) is 0 Å². The minimum Gasteiger partial charge on any atom is -0.300 e. The Morgan fingerprint density at radius 2 is 1.42 bits per heavy atom. The number of hydrogen-bond donors (Lipinski definition) is 0. The Kier molecular flexibility index (Phi) is 4.32. The summed E-state index contributed by atoms with van der Waals surface area (Å²) in [6.07, 6.45) is 0. The standard InChI is InChI=1S/C17H34N2/c1-12(2)17(7)10-19(11-17)15(6)14(5)16-8-18(9-16)13(3)4/h12-16H,8-11H2,1-7H3. The zero-order valence-corrected chi connectivity index (χ0v) is 14.1. The summed E-state index contributed by atoms with van der Waals surface area (Å²) in [4.78, 5) is 5.31. The SMILES string of the molecule is CC(C1CN(C(C)C)C1)C(C)N1CC(C)(C(C)C)C1. The molecule has 112 valence electrons. The molecule has 2 saturated heterocycles. The summed E-state index contributed by atoms with van der Waals surface area (Å²) in [5.74, 6) is 2.57. The molecule has 2 fully saturated rings. The van der Waals surface area contributed by atoms with Gasteiger partial charge >= 0.3 is 0 Å². The topological polar surface area (TPSA) is 6.48 Å². The predicted octanol–water partition coefficient (Wildman–Crippen LogP) is 3.33. The van der Waals surface area contributed by atoms with E-state index in [0.29, 0.717) is 5.41 Å². The first kappa shape index (κ1) is 15.3. The van der Waals surface area contributed by atoms with Gasteiger partial charge in [0, 0.05) is 38.3 Å². The van der Waals surface area contributed by atoms with Crippen LogP contribution in [0.2, 0.25) is 0 Å². The highest BCUT2D eigenvalue weighted by Crippen LogP contribution is 2.41. The van der Waals surface area contributed by atoms with Gasteiger partial charge in [0.15, 0.2) is 0 Å². The van der Waals surface area contributed by atoms with Gasteiger partial charge in [-0.2, -0.15) is 0 Å². The van der Waals surface area contributed by atoms with Crippen molar-refractivity contribution >= 4 is 0 Å². The van der Waals surface area contributed by atoms with Gasteiger partial charge in [-0.1, -0.05) is 27.7 Å². The van der Waals surface area contributed by atoms with Crippen molar-refractivity contribution in [2.75, 3.05) is 26.2 Å². The third kappa shape index (κ3) is 2.85. The van der Waals surface area contributed by atoms with Crippen molar-refractivity contribution < 1.29 is 0 Å². The number of rotatable bonds is 5. The maximum Gasteiger partial charge on any atom is 0.00966 e. The summed E-state index contributed by atoms with van der Waals surface area (Å²) in [5.41, 5.74) is 0.567. The Hall–Kier alpha value is -0.0800. The van der Waals surface area contributed by atoms with E-state index in [9.17, 15) is 0 Å². The van der Waals surface area contributed by atoms with E-state index in [4.69, 9.17) is 0 Å². The minimum absolute atomic E-state index is 0.567. The first-order chi connectivity index (χ1) is 8.74. The lowest BCUT2D eigenvalue weighted by Gasteiger charge is -2.56. The zero-order chi connectivity index (χ0) is 14.4. The Bertz CT molecular complexity index is 298. The van der Waals surface area contributed by atoms with Gasteiger partial charge in [0.05, 0.1) is 0 Å². The van der Waals surface area contributed by atoms with Gasteiger partial charge in [-0.15, -0.1) is 0 Å². The lowest BCUT2D eigenvalue weighted by atomic mass is 9.70. The fourth-order valence-corrected chi connectivity index (χ4v) is 3.56. The molecule has 2 heterocycles. The first-order valence-corrected chi connectivity index (χ1v) is 8.22. The van der Waals surface area contributed by atoms with Gasteiger partial charge in [0.2, 0.25) is 0 Å². The molecule has 0 aliphatic carbocycles. The third-order valence-corrected chi connectivity index (χ3v) is 6.27. The molecule has 2 unspecified atom stereocenters. The fourth-order valence-electron chi connectivity index (χ4n) is 3.56. The summed E-state index contributed by atoms with van der Waals surface area (Å²) in [5, 5.41) is 0. The van der Waals surface area contributed by atoms with Crippen LogP contribution in [0.5, 0.6) is 0 Å². The Morgan fingerprint density at radius 1 is 0.895 bits per heavy atom. The minimum atomic E-state index is 0.567. The lowest BCUT2D eigenvalue weighted by Crippen LogP contribution is -2.63. The summed E-state index contributed by atoms with van der Waals surface area (Å²) >= 11 is 0. The van der Waals surface area contributed by atoms with Crippen LogP contribution in [-0.2, 0) is 0 Å². The number of hydrogen-bond acceptors (Lipinski definition) is 2. The van der Waals surface area contributed by atoms with Crippen molar-refractivity contribution in [1.29, 1.82) is 0 Å². The highest BCUT2D eigenvalue weighted by Gasteiger charge is 2.45. The molecule has 0 amide bonds. The summed E-state index contributed by atoms with van der Waals surface area (Å²) in [6.45, 7) is 22.0. The molecule has 2 nitrogen and oxygen atoms in total. The fraction of sp³-hybridized carbons (Fsp3) is 1.00. The van der Waals surface area contributed by atoms with Crippen molar-refractivity contribution in [1.82, 2.24) is 9.80 Å². The second-order valence-corrected chi connectivity index (χ2v) is 8.12. The van der Waals surface area contributed by atoms with E-state index in [-0.39, 0.29) is 0 Å². The van der Waals surface area contributed by atoms with Crippen molar-refractivity contribution in [2.24, 2.45) is 23.2 Å². The molecule has 0 aromatic rings. The summed E-state index contributed by atoms with van der Waals surface area (Å²) in [7, 11) is 0. The van der Waals surface area contributed by atoms with Gasteiger partial charge < -0.3 is 4.90 Å². The van der Waals surface area contributed by atoms with E-state index in [2.05, 4.69) is 58.3 Å². The van der Waals surface area contributed by atoms with Gasteiger partial charge in [-0.25, -0.2) is 0 Å². The van der Waals surface area contributed by atoms with Crippen molar-refractivity contribution in [3.05, 3.63) is 0 Å². The smallest absolute Gasteiger partial charge is 0.00966 e. The molecule has 2 aliphatic heterocycles. The van der Waals surface area contributed by atoms with E-state index in [1.807, 2.05) is 0 Å². The normalized spacial score (nSPS) is 28.3. The van der Waals surface area contributed by atoms with E-state index in [1.54, 1.807) is 0 Å². The molecule has 2 atom stereocenters. The molecule has 2 rings (SSSR count). The van der Waals surface area contributed by atoms with Crippen LogP contribution < -0.4 is 0 Å². The molecule has 19 heavy (non-hydrogen) atoms. The van der Waals surface area contributed by atoms with E-state index >= 15 is 0 Å². The first-order valence-electron chi connectivity index (χ1n) is 8.22. The molecule has 0 saturated carbocycles. The average molecular weight is 266 g/mol. The maximum absolute atomic E-state index is 2.71. The molecule has 0 bridgehead atoms. The van der Waals surface area contributed by atoms with Crippen LogP contribution in [0.4, 0.5) is 0 Å². The molecule has 0 N–H and O–H groups in total. The molecular formula is C17H34N2. The maximum atomic E-state index is 2.71. The quantitative estimate of drug-likeness (QED) is 0.753. The highest BCUT2D eigenvalue weighted by atomic mass is 15.3. The van der Waals surface area contributed by atoms with E-state index in [1.165, 1.54) is 26.2 Å². The van der Waals surface area contributed by atoms with E-state index in [0.717, 1.165) is 29.8 Å². The van der Waals surface area contributed by atoms with Gasteiger partial charge in [-0.3, -0.25) is 4.90 Å². The van der Waals surface area contributed by atoms with Gasteiger partial charge in [0.1, 0.15) is 0 Å². The van der Waals surface area contributed by atoms with Crippen LogP contribution in [0.1, 0.15) is 48.5 Å². The largest absolute Gasteiger partial charge is 0.300 e. The Morgan fingerprint density at radius 3 is 1.84 bits per heavy atom. The summed E-state index contributed by atoms with van der Waals surface area (Å²) in [6, 6.07) is 1.48. The Labute approximate surface area is 120 Å². The molecule has 0 aromatic heterocycles. The molecule has 2 aliphatic rings. The van der Waals surface area contributed by atoms with Gasteiger partial charge in [-0.05, 0) is 43.9 Å². The lowest BCUT2D eigenvalue weighted by molar-refractivity contribution is -0.0780. The monoisotopic (exact) mass is 266 g/mol. The number of likely N-dealkylation sites (tertiary alicyclic amines) is 2. The van der Waals surface area contributed by atoms with Crippen LogP contribution >= 0.6 is 0 Å². The second kappa shape index (κ2) is 5.37. The predicted molar refractivity (Wildman–Crippen MR) is 83.3 cm³/mol. The third-order valence-electron chi connectivity index (χ3n) is 6.27. The van der Waals surface area contributed by atoms with Crippen LogP contribution in [0.3, 0.4) is 0 Å². The zero-order valence-electron chi connectivity index (χ0n) is 14.1. The van der Waals surface area contributed by atoms with Gasteiger partial charge in [0.25, 0.3) is 0 Å². The van der Waals surface area contributed by atoms with Crippen molar-refractivity contribution in [3.63, 3.8) is 0 Å². The summed E-state index contributed by atoms with van der Waals surface area (Å²) < 4.78 is 0. The van der Waals surface area contributed by atoms with Crippen LogP contribution in [-0.4, -0.2) is 48.1 Å². The molecule has 0 radical (unpaired) electrons. The second-order valence-electron chi connectivity index (χ2n) is 8.12. The highest BCUT2D eigenvalue weighted by molar-refractivity contribution is 4.98. The molecule has 0 aromatic carbocycles. The average Bonchev–Trinajstić information content (AvgIpc) is 2.20. The number of nitrogens with zero attached hydrogens (tertiary/aromatic N) is 2. The molecular weight excluding hydrogens is 232 g/mol. The van der Waals surface area contributed by atoms with Crippen LogP contribution in [0, 0.1) is 23.2 Å².